The van der Waals surface area contributed by atoms with Gasteiger partial charge >= 0.3 is 6.03 Å². The molecule has 1 aliphatic heterocycles. The molecule has 1 aromatic rings. The van der Waals surface area contributed by atoms with Crippen molar-refractivity contribution in [1.82, 2.24) is 5.06 Å². The van der Waals surface area contributed by atoms with Crippen LogP contribution in [0.3, 0.4) is 0 Å². The number of carbonyl (C=O) groups excluding carboxylic acids is 1. The number of nitrogens with two attached hydrogens (primary N) is 1. The van der Waals surface area contributed by atoms with Crippen molar-refractivity contribution in [3.05, 3.63) is 35.4 Å². The third-order valence-corrected chi connectivity index (χ3v) is 3.11. The Morgan fingerprint density at radius 3 is 3.11 bits per heavy atom. The van der Waals surface area contributed by atoms with Crippen LogP contribution in [0.4, 0.5) is 4.79 Å². The molecule has 3 N–H and O–H groups in total. The lowest BCUT2D eigenvalue weighted by Gasteiger charge is -2.18. The molecule has 1 atom stereocenters. The molecule has 0 aliphatic carbocycles. The second-order valence-electron chi connectivity index (χ2n) is 4.60. The summed E-state index contributed by atoms with van der Waals surface area (Å²) in [7, 11) is 0. The summed E-state index contributed by atoms with van der Waals surface area (Å²) in [5, 5.41) is 9.85. The van der Waals surface area contributed by atoms with Gasteiger partial charge in [-0.2, -0.15) is 5.06 Å². The van der Waals surface area contributed by atoms with Gasteiger partial charge in [0.2, 0.25) is 0 Å². The van der Waals surface area contributed by atoms with Gasteiger partial charge in [-0.25, -0.2) is 4.79 Å². The predicted octanol–water partition coefficient (Wildman–Crippen LogP) is 2.18. The molecule has 102 valence electrons. The van der Waals surface area contributed by atoms with E-state index in [0.29, 0.717) is 5.06 Å². The van der Waals surface area contributed by atoms with E-state index in [1.54, 1.807) is 13.0 Å². The standard InChI is InChI=1S/C14H18N2O3/c1-10(16(18)14(15)17)4-5-11-6-7-13-12(9-11)3-2-8-19-13/h4-7,9-10,18H,2-3,8H2,1H3,(H2,15,17). The first-order chi connectivity index (χ1) is 9.08. The Balaban J connectivity index is 2.08. The number of hydrogen-bond donors (Lipinski definition) is 2. The number of nitrogens with zero attached hydrogens (tertiary/aromatic N) is 1. The highest BCUT2D eigenvalue weighted by molar-refractivity contribution is 5.71. The molecular weight excluding hydrogens is 244 g/mol. The molecule has 0 radical (unpaired) electrons. The third-order valence-electron chi connectivity index (χ3n) is 3.11. The number of aryl methyl sites for hydroxylation is 1. The Morgan fingerprint density at radius 1 is 1.58 bits per heavy atom. The minimum Gasteiger partial charge on any atom is -0.493 e. The number of fused-ring (bicyclic) bond motifs is 1. The van der Waals surface area contributed by atoms with Gasteiger partial charge in [0, 0.05) is 0 Å². The lowest BCUT2D eigenvalue weighted by molar-refractivity contribution is -0.0560. The van der Waals surface area contributed by atoms with Gasteiger partial charge in [-0.05, 0) is 43.0 Å². The second-order valence-corrected chi connectivity index (χ2v) is 4.60. The van der Waals surface area contributed by atoms with Crippen molar-refractivity contribution in [1.29, 1.82) is 0 Å². The number of hydroxylamine groups is 2. The summed E-state index contributed by atoms with van der Waals surface area (Å²) >= 11 is 0. The van der Waals surface area contributed by atoms with E-state index in [2.05, 4.69) is 6.07 Å². The van der Waals surface area contributed by atoms with E-state index >= 15 is 0 Å². The Hall–Kier alpha value is -2.01. The normalized spacial score (nSPS) is 15.7. The van der Waals surface area contributed by atoms with Crippen molar-refractivity contribution in [3.63, 3.8) is 0 Å². The lowest BCUT2D eigenvalue weighted by Crippen LogP contribution is -2.38. The topological polar surface area (TPSA) is 75.8 Å². The van der Waals surface area contributed by atoms with Crippen molar-refractivity contribution in [2.45, 2.75) is 25.8 Å². The van der Waals surface area contributed by atoms with Crippen LogP contribution in [0.15, 0.2) is 24.3 Å². The van der Waals surface area contributed by atoms with Crippen molar-refractivity contribution < 1.29 is 14.7 Å². The quantitative estimate of drug-likeness (QED) is 0.647. The second kappa shape index (κ2) is 5.75. The molecule has 2 amide bonds. The number of carbonyl (C=O) groups is 1. The monoisotopic (exact) mass is 262 g/mol. The van der Waals surface area contributed by atoms with Crippen molar-refractivity contribution in [2.75, 3.05) is 6.61 Å². The summed E-state index contributed by atoms with van der Waals surface area (Å²) in [6.07, 6.45) is 5.62. The van der Waals surface area contributed by atoms with E-state index in [1.807, 2.05) is 18.2 Å². The third kappa shape index (κ3) is 3.26. The molecule has 1 unspecified atom stereocenters. The fourth-order valence-electron chi connectivity index (χ4n) is 2.02. The number of rotatable bonds is 3. The van der Waals surface area contributed by atoms with Crippen LogP contribution in [0, 0.1) is 0 Å². The number of primary amides is 1. The minimum atomic E-state index is -0.865. The summed E-state index contributed by atoms with van der Waals surface area (Å²) in [5.41, 5.74) is 7.18. The number of urea groups is 1. The summed E-state index contributed by atoms with van der Waals surface area (Å²) in [6, 6.07) is 4.62. The number of benzene rings is 1. The lowest BCUT2D eigenvalue weighted by atomic mass is 10.0. The van der Waals surface area contributed by atoms with Gasteiger partial charge < -0.3 is 10.5 Å². The maximum Gasteiger partial charge on any atom is 0.339 e. The SMILES string of the molecule is CC(C=Cc1ccc2c(c1)CCCO2)N(O)C(N)=O. The van der Waals surface area contributed by atoms with E-state index in [4.69, 9.17) is 10.5 Å². The Kier molecular flexibility index (Phi) is 4.06. The van der Waals surface area contributed by atoms with Gasteiger partial charge in [-0.1, -0.05) is 18.2 Å². The van der Waals surface area contributed by atoms with Gasteiger partial charge in [-0.15, -0.1) is 0 Å². The zero-order valence-corrected chi connectivity index (χ0v) is 10.9. The molecule has 1 aromatic carbocycles. The van der Waals surface area contributed by atoms with Crippen LogP contribution in [0.25, 0.3) is 6.08 Å². The zero-order chi connectivity index (χ0) is 13.8. The summed E-state index contributed by atoms with van der Waals surface area (Å²) < 4.78 is 5.54. The molecule has 1 heterocycles. The highest BCUT2D eigenvalue weighted by Gasteiger charge is 2.12. The first-order valence-corrected chi connectivity index (χ1v) is 6.29. The van der Waals surface area contributed by atoms with E-state index in [0.717, 1.165) is 30.8 Å². The van der Waals surface area contributed by atoms with Crippen LogP contribution in [-0.2, 0) is 6.42 Å². The molecule has 2 rings (SSSR count). The van der Waals surface area contributed by atoms with Gasteiger partial charge in [0.25, 0.3) is 0 Å². The largest absolute Gasteiger partial charge is 0.493 e. The zero-order valence-electron chi connectivity index (χ0n) is 10.9. The van der Waals surface area contributed by atoms with Gasteiger partial charge in [-0.3, -0.25) is 5.21 Å². The minimum absolute atomic E-state index is 0.468. The summed E-state index contributed by atoms with van der Waals surface area (Å²) in [4.78, 5) is 10.8. The Morgan fingerprint density at radius 2 is 2.37 bits per heavy atom. The molecule has 5 heteroatoms. The summed E-state index contributed by atoms with van der Waals surface area (Å²) in [5.74, 6) is 0.942. The Bertz CT molecular complexity index is 499. The highest BCUT2D eigenvalue weighted by atomic mass is 16.5. The number of ether oxygens (including phenoxy) is 1. The maximum absolute atomic E-state index is 10.8. The molecule has 0 saturated heterocycles. The van der Waals surface area contributed by atoms with E-state index in [1.165, 1.54) is 5.56 Å². The highest BCUT2D eigenvalue weighted by Crippen LogP contribution is 2.26. The number of amides is 2. The average Bonchev–Trinajstić information content (AvgIpc) is 2.43. The van der Waals surface area contributed by atoms with Crippen molar-refractivity contribution >= 4 is 12.1 Å². The molecule has 19 heavy (non-hydrogen) atoms. The van der Waals surface area contributed by atoms with Gasteiger partial charge in [0.15, 0.2) is 0 Å². The first-order valence-electron chi connectivity index (χ1n) is 6.29. The molecular formula is C14H18N2O3. The molecule has 1 aliphatic rings. The van der Waals surface area contributed by atoms with E-state index < -0.39 is 12.1 Å². The first kappa shape index (κ1) is 13.4. The summed E-state index contributed by atoms with van der Waals surface area (Å²) in [6.45, 7) is 2.46. The fourth-order valence-corrected chi connectivity index (χ4v) is 2.02. The fraction of sp³-hybridized carbons (Fsp3) is 0.357. The van der Waals surface area contributed by atoms with Gasteiger partial charge in [0.05, 0.1) is 12.6 Å². The van der Waals surface area contributed by atoms with Crippen LogP contribution >= 0.6 is 0 Å². The smallest absolute Gasteiger partial charge is 0.339 e. The molecule has 0 fully saturated rings. The van der Waals surface area contributed by atoms with Gasteiger partial charge in [0.1, 0.15) is 5.75 Å². The van der Waals surface area contributed by atoms with Crippen molar-refractivity contribution in [3.8, 4) is 5.75 Å². The molecule has 0 aromatic heterocycles. The predicted molar refractivity (Wildman–Crippen MR) is 72.0 cm³/mol. The van der Waals surface area contributed by atoms with Crippen LogP contribution in [0.5, 0.6) is 5.75 Å². The van der Waals surface area contributed by atoms with Crippen LogP contribution in [0.2, 0.25) is 0 Å². The molecule has 0 saturated carbocycles. The van der Waals surface area contributed by atoms with E-state index in [9.17, 15) is 10.0 Å². The van der Waals surface area contributed by atoms with Crippen LogP contribution < -0.4 is 10.5 Å². The van der Waals surface area contributed by atoms with E-state index in [-0.39, 0.29) is 0 Å². The average molecular weight is 262 g/mol. The number of hydrogen-bond acceptors (Lipinski definition) is 3. The van der Waals surface area contributed by atoms with Crippen molar-refractivity contribution in [2.24, 2.45) is 5.73 Å². The Labute approximate surface area is 112 Å². The molecule has 0 bridgehead atoms. The van der Waals surface area contributed by atoms with Crippen LogP contribution in [0.1, 0.15) is 24.5 Å². The maximum atomic E-state index is 10.8. The van der Waals surface area contributed by atoms with Crippen LogP contribution in [-0.4, -0.2) is 29.0 Å². The molecule has 5 nitrogen and oxygen atoms in total. The molecule has 0 spiro atoms.